The number of carbonyl (C=O) groups is 1. The molecule has 3 aliphatic rings. The standard InChI is InChI=1S/C12H17F2NO2/c13-12(14)6-1-2-7-10(12)8(3-6)11(7,5-15)4-9(16)17/h6-8,10H,1-5,15H2,(H,16,17). The Bertz CT molecular complexity index is 366. The Morgan fingerprint density at radius 1 is 1.35 bits per heavy atom. The largest absolute Gasteiger partial charge is 0.481 e. The quantitative estimate of drug-likeness (QED) is 0.795. The van der Waals surface area contributed by atoms with Crippen molar-refractivity contribution in [3.05, 3.63) is 0 Å². The number of carboxylic acid groups (broad SMARTS) is 1. The SMILES string of the molecule is NCC1(CC(=O)O)C2CCC3CC1C2C3(F)F. The first-order valence-corrected chi connectivity index (χ1v) is 6.23. The van der Waals surface area contributed by atoms with Crippen LogP contribution in [0.4, 0.5) is 8.78 Å². The molecular weight excluding hydrogens is 228 g/mol. The van der Waals surface area contributed by atoms with Crippen LogP contribution >= 0.6 is 0 Å². The third kappa shape index (κ3) is 1.16. The summed E-state index contributed by atoms with van der Waals surface area (Å²) in [5, 5.41) is 8.98. The summed E-state index contributed by atoms with van der Waals surface area (Å²) in [5.41, 5.74) is 5.19. The smallest absolute Gasteiger partial charge is 0.303 e. The van der Waals surface area contributed by atoms with Gasteiger partial charge in [-0.3, -0.25) is 4.79 Å². The van der Waals surface area contributed by atoms with Crippen LogP contribution in [0.2, 0.25) is 0 Å². The predicted molar refractivity (Wildman–Crippen MR) is 56.5 cm³/mol. The molecule has 3 N–H and O–H groups in total. The van der Waals surface area contributed by atoms with Crippen molar-refractivity contribution in [2.45, 2.75) is 31.6 Å². The molecule has 0 aliphatic heterocycles. The lowest BCUT2D eigenvalue weighted by molar-refractivity contribution is -0.221. The molecule has 2 bridgehead atoms. The van der Waals surface area contributed by atoms with E-state index in [2.05, 4.69) is 0 Å². The molecule has 5 heteroatoms. The molecule has 0 spiro atoms. The van der Waals surface area contributed by atoms with Crippen LogP contribution in [0.5, 0.6) is 0 Å². The Balaban J connectivity index is 1.94. The summed E-state index contributed by atoms with van der Waals surface area (Å²) in [5.74, 6) is -4.96. The summed E-state index contributed by atoms with van der Waals surface area (Å²) >= 11 is 0. The molecular formula is C12H17F2NO2. The number of hydrogen-bond acceptors (Lipinski definition) is 2. The third-order valence-electron chi connectivity index (χ3n) is 5.56. The van der Waals surface area contributed by atoms with Gasteiger partial charge in [0.1, 0.15) is 0 Å². The highest BCUT2D eigenvalue weighted by atomic mass is 19.3. The van der Waals surface area contributed by atoms with Gasteiger partial charge in [0.25, 0.3) is 5.92 Å². The van der Waals surface area contributed by atoms with Crippen LogP contribution in [-0.2, 0) is 4.79 Å². The van der Waals surface area contributed by atoms with E-state index >= 15 is 0 Å². The van der Waals surface area contributed by atoms with Crippen LogP contribution in [0.25, 0.3) is 0 Å². The van der Waals surface area contributed by atoms with Gasteiger partial charge >= 0.3 is 5.97 Å². The first-order valence-electron chi connectivity index (χ1n) is 6.23. The number of hydrogen-bond donors (Lipinski definition) is 2. The molecule has 96 valence electrons. The van der Waals surface area contributed by atoms with E-state index in [1.807, 2.05) is 0 Å². The number of halogens is 2. The molecule has 0 radical (unpaired) electrons. The number of nitrogens with two attached hydrogens (primary N) is 1. The molecule has 0 aromatic rings. The topological polar surface area (TPSA) is 63.3 Å². The van der Waals surface area contributed by atoms with Gasteiger partial charge in [-0.2, -0.15) is 0 Å². The van der Waals surface area contributed by atoms with E-state index in [4.69, 9.17) is 10.8 Å². The molecule has 0 aromatic heterocycles. The van der Waals surface area contributed by atoms with Crippen molar-refractivity contribution in [1.82, 2.24) is 0 Å². The van der Waals surface area contributed by atoms with Crippen molar-refractivity contribution in [2.75, 3.05) is 6.54 Å². The Kier molecular flexibility index (Phi) is 2.14. The van der Waals surface area contributed by atoms with Crippen LogP contribution < -0.4 is 5.73 Å². The number of aliphatic carboxylic acids is 1. The van der Waals surface area contributed by atoms with E-state index < -0.39 is 29.1 Å². The van der Waals surface area contributed by atoms with Gasteiger partial charge in [0.05, 0.1) is 6.42 Å². The second-order valence-corrected chi connectivity index (χ2v) is 5.93. The summed E-state index contributed by atoms with van der Waals surface area (Å²) in [7, 11) is 0. The maximum Gasteiger partial charge on any atom is 0.303 e. The number of fused-ring (bicyclic) bond motifs is 1. The van der Waals surface area contributed by atoms with Gasteiger partial charge in [-0.05, 0) is 43.1 Å². The molecule has 3 aliphatic carbocycles. The second-order valence-electron chi connectivity index (χ2n) is 5.93. The van der Waals surface area contributed by atoms with Crippen molar-refractivity contribution >= 4 is 5.97 Å². The molecule has 0 heterocycles. The number of alkyl halides is 2. The first kappa shape index (κ1) is 11.4. The summed E-state index contributed by atoms with van der Waals surface area (Å²) in [6.07, 6.45) is 1.69. The van der Waals surface area contributed by atoms with Crippen molar-refractivity contribution in [2.24, 2.45) is 34.8 Å². The lowest BCUT2D eigenvalue weighted by Crippen LogP contribution is -2.63. The molecule has 0 aromatic carbocycles. The van der Waals surface area contributed by atoms with E-state index in [1.54, 1.807) is 0 Å². The Morgan fingerprint density at radius 2 is 2.06 bits per heavy atom. The lowest BCUT2D eigenvalue weighted by atomic mass is 9.44. The van der Waals surface area contributed by atoms with Gasteiger partial charge in [-0.25, -0.2) is 8.78 Å². The van der Waals surface area contributed by atoms with Gasteiger partial charge in [0, 0.05) is 11.8 Å². The van der Waals surface area contributed by atoms with Gasteiger partial charge in [-0.1, -0.05) is 0 Å². The zero-order chi connectivity index (χ0) is 12.4. The zero-order valence-corrected chi connectivity index (χ0v) is 9.53. The monoisotopic (exact) mass is 245 g/mol. The maximum atomic E-state index is 14.0. The summed E-state index contributed by atoms with van der Waals surface area (Å²) in [6, 6.07) is 0. The average molecular weight is 245 g/mol. The molecule has 5 atom stereocenters. The molecule has 0 saturated heterocycles. The van der Waals surface area contributed by atoms with Crippen LogP contribution in [0, 0.1) is 29.1 Å². The van der Waals surface area contributed by atoms with Crippen LogP contribution in [0.3, 0.4) is 0 Å². The van der Waals surface area contributed by atoms with Crippen LogP contribution in [0.15, 0.2) is 0 Å². The van der Waals surface area contributed by atoms with E-state index in [0.717, 1.165) is 6.42 Å². The fraction of sp³-hybridized carbons (Fsp3) is 0.917. The Hall–Kier alpha value is -0.710. The highest BCUT2D eigenvalue weighted by Gasteiger charge is 2.76. The third-order valence-corrected chi connectivity index (χ3v) is 5.56. The minimum absolute atomic E-state index is 0.0435. The molecule has 3 fully saturated rings. The minimum atomic E-state index is -2.58. The average Bonchev–Trinajstić information content (AvgIpc) is 2.46. The highest BCUT2D eigenvalue weighted by molar-refractivity contribution is 5.68. The van der Waals surface area contributed by atoms with Crippen molar-refractivity contribution in [1.29, 1.82) is 0 Å². The summed E-state index contributed by atoms with van der Waals surface area (Å²) in [4.78, 5) is 10.9. The van der Waals surface area contributed by atoms with E-state index in [-0.39, 0.29) is 24.8 Å². The predicted octanol–water partition coefficient (Wildman–Crippen LogP) is 1.72. The van der Waals surface area contributed by atoms with Gasteiger partial charge in [0.2, 0.25) is 0 Å². The second kappa shape index (κ2) is 3.19. The van der Waals surface area contributed by atoms with Crippen LogP contribution in [-0.4, -0.2) is 23.5 Å². The highest BCUT2D eigenvalue weighted by Crippen LogP contribution is 2.74. The fourth-order valence-corrected chi connectivity index (χ4v) is 4.88. The van der Waals surface area contributed by atoms with Gasteiger partial charge in [0.15, 0.2) is 0 Å². The van der Waals surface area contributed by atoms with Crippen LogP contribution in [0.1, 0.15) is 25.7 Å². The first-order chi connectivity index (χ1) is 7.93. The molecule has 0 amide bonds. The van der Waals surface area contributed by atoms with Crippen molar-refractivity contribution < 1.29 is 18.7 Å². The molecule has 3 rings (SSSR count). The normalized spacial score (nSPS) is 49.8. The molecule has 3 saturated carbocycles. The summed E-state index contributed by atoms with van der Waals surface area (Å²) < 4.78 is 27.9. The Morgan fingerprint density at radius 3 is 2.65 bits per heavy atom. The molecule has 17 heavy (non-hydrogen) atoms. The van der Waals surface area contributed by atoms with Crippen molar-refractivity contribution in [3.8, 4) is 0 Å². The molecule has 3 nitrogen and oxygen atoms in total. The summed E-state index contributed by atoms with van der Waals surface area (Å²) in [6.45, 7) is 0.230. The number of rotatable bonds is 3. The minimum Gasteiger partial charge on any atom is -0.481 e. The lowest BCUT2D eigenvalue weighted by Gasteiger charge is -2.60. The van der Waals surface area contributed by atoms with Gasteiger partial charge in [-0.15, -0.1) is 0 Å². The number of carboxylic acids is 1. The molecule has 5 unspecified atom stereocenters. The zero-order valence-electron chi connectivity index (χ0n) is 9.53. The maximum absolute atomic E-state index is 14.0. The van der Waals surface area contributed by atoms with E-state index in [1.165, 1.54) is 0 Å². The Labute approximate surface area is 98.4 Å². The van der Waals surface area contributed by atoms with Gasteiger partial charge < -0.3 is 10.8 Å². The van der Waals surface area contributed by atoms with E-state index in [9.17, 15) is 13.6 Å². The van der Waals surface area contributed by atoms with E-state index in [0.29, 0.717) is 12.8 Å². The van der Waals surface area contributed by atoms with Crippen molar-refractivity contribution in [3.63, 3.8) is 0 Å². The fourth-order valence-electron chi connectivity index (χ4n) is 4.88.